The van der Waals surface area contributed by atoms with Crippen molar-refractivity contribution in [1.29, 1.82) is 5.26 Å². The number of nitrogens with one attached hydrogen (secondary N) is 1. The Kier molecular flexibility index (Phi) is 5.97. The lowest BCUT2D eigenvalue weighted by Crippen LogP contribution is -2.43. The molecule has 160 valence electrons. The summed E-state index contributed by atoms with van der Waals surface area (Å²) < 4.78 is 0. The number of aromatic nitrogens is 1. The Balaban J connectivity index is 1.91. The van der Waals surface area contributed by atoms with Gasteiger partial charge in [0, 0.05) is 36.1 Å². The molecule has 0 atom stereocenters. The molecule has 0 aliphatic heterocycles. The SMILES string of the molecule is CN(NC(=O)CN)c1ccc(C(=O)c2cccnc2)c(C2CC2)c1-c1ccc(C#N)cc1. The number of hydrogen-bond donors (Lipinski definition) is 2. The predicted octanol–water partition coefficient (Wildman–Crippen LogP) is 3.15. The Morgan fingerprint density at radius 2 is 1.94 bits per heavy atom. The fraction of sp³-hybridized carbons (Fsp3) is 0.200. The van der Waals surface area contributed by atoms with Crippen molar-refractivity contribution in [3.05, 3.63) is 83.2 Å². The van der Waals surface area contributed by atoms with Crippen molar-refractivity contribution in [2.24, 2.45) is 5.73 Å². The summed E-state index contributed by atoms with van der Waals surface area (Å²) in [5.41, 5.74) is 13.4. The minimum Gasteiger partial charge on any atom is -0.322 e. The number of pyridine rings is 1. The van der Waals surface area contributed by atoms with Crippen LogP contribution in [0.2, 0.25) is 0 Å². The van der Waals surface area contributed by atoms with E-state index in [4.69, 9.17) is 5.73 Å². The minimum absolute atomic E-state index is 0.0879. The van der Waals surface area contributed by atoms with Crippen LogP contribution in [-0.2, 0) is 4.79 Å². The first-order valence-corrected chi connectivity index (χ1v) is 10.4. The van der Waals surface area contributed by atoms with Crippen molar-refractivity contribution < 1.29 is 9.59 Å². The molecule has 1 fully saturated rings. The van der Waals surface area contributed by atoms with Crippen LogP contribution in [0.15, 0.2) is 60.9 Å². The van der Waals surface area contributed by atoms with Crippen LogP contribution < -0.4 is 16.2 Å². The van der Waals surface area contributed by atoms with Crippen LogP contribution in [-0.4, -0.2) is 30.3 Å². The zero-order valence-electron chi connectivity index (χ0n) is 17.7. The van der Waals surface area contributed by atoms with Crippen LogP contribution in [0.1, 0.15) is 45.8 Å². The number of nitrogens with zero attached hydrogens (tertiary/aromatic N) is 3. The largest absolute Gasteiger partial charge is 0.322 e. The number of carbonyl (C=O) groups is 2. The molecule has 7 nitrogen and oxygen atoms in total. The van der Waals surface area contributed by atoms with E-state index in [9.17, 15) is 14.9 Å². The Bertz CT molecular complexity index is 1200. The van der Waals surface area contributed by atoms with Crippen molar-refractivity contribution >= 4 is 17.4 Å². The summed E-state index contributed by atoms with van der Waals surface area (Å²) in [7, 11) is 1.75. The van der Waals surface area contributed by atoms with Gasteiger partial charge >= 0.3 is 0 Å². The fourth-order valence-electron chi connectivity index (χ4n) is 3.84. The Labute approximate surface area is 186 Å². The monoisotopic (exact) mass is 425 g/mol. The quantitative estimate of drug-likeness (QED) is 0.444. The van der Waals surface area contributed by atoms with Crippen molar-refractivity contribution in [3.63, 3.8) is 0 Å². The predicted molar refractivity (Wildman–Crippen MR) is 122 cm³/mol. The molecule has 1 heterocycles. The highest BCUT2D eigenvalue weighted by atomic mass is 16.2. The van der Waals surface area contributed by atoms with E-state index >= 15 is 0 Å². The molecule has 0 unspecified atom stereocenters. The van der Waals surface area contributed by atoms with Gasteiger partial charge in [0.05, 0.1) is 23.9 Å². The minimum atomic E-state index is -0.318. The average molecular weight is 425 g/mol. The number of hydrazine groups is 1. The maximum atomic E-state index is 13.4. The standard InChI is InChI=1S/C25H23N5O2/c1-30(29-22(31)14-27)21-11-10-20(25(32)19-3-2-12-28-15-19)23(17-8-9-17)24(21)18-6-4-16(13-26)5-7-18/h2-7,10-12,15,17H,8-9,14,27H2,1H3,(H,29,31). The molecule has 4 rings (SSSR count). The molecular weight excluding hydrogens is 402 g/mol. The van der Waals surface area contributed by atoms with Gasteiger partial charge in [-0.25, -0.2) is 0 Å². The summed E-state index contributed by atoms with van der Waals surface area (Å²) in [4.78, 5) is 29.4. The van der Waals surface area contributed by atoms with Gasteiger partial charge in [0.2, 0.25) is 0 Å². The van der Waals surface area contributed by atoms with Crippen molar-refractivity contribution in [2.75, 3.05) is 18.6 Å². The molecule has 0 saturated heterocycles. The molecule has 0 spiro atoms. The number of hydrogen-bond acceptors (Lipinski definition) is 6. The number of nitriles is 1. The molecular formula is C25H23N5O2. The normalized spacial score (nSPS) is 12.7. The van der Waals surface area contributed by atoms with Gasteiger partial charge in [0.15, 0.2) is 5.78 Å². The Hall–Kier alpha value is -4.02. The molecule has 7 heteroatoms. The van der Waals surface area contributed by atoms with Crippen LogP contribution in [0.5, 0.6) is 0 Å². The molecule has 0 bridgehead atoms. The second kappa shape index (κ2) is 9.00. The first-order valence-electron chi connectivity index (χ1n) is 10.4. The number of benzene rings is 2. The third kappa shape index (κ3) is 4.22. The molecule has 2 aromatic carbocycles. The van der Waals surface area contributed by atoms with E-state index in [1.165, 1.54) is 0 Å². The third-order valence-electron chi connectivity index (χ3n) is 5.52. The van der Waals surface area contributed by atoms with E-state index in [0.29, 0.717) is 16.7 Å². The Morgan fingerprint density at radius 3 is 2.53 bits per heavy atom. The number of rotatable bonds is 7. The zero-order valence-corrected chi connectivity index (χ0v) is 17.7. The van der Waals surface area contributed by atoms with Crippen LogP contribution in [0, 0.1) is 11.3 Å². The summed E-state index contributed by atoms with van der Waals surface area (Å²) in [5, 5.41) is 10.8. The summed E-state index contributed by atoms with van der Waals surface area (Å²) in [6.07, 6.45) is 5.18. The second-order valence-corrected chi connectivity index (χ2v) is 7.75. The van der Waals surface area contributed by atoms with Crippen molar-refractivity contribution in [2.45, 2.75) is 18.8 Å². The van der Waals surface area contributed by atoms with Gasteiger partial charge in [-0.15, -0.1) is 0 Å². The van der Waals surface area contributed by atoms with Gasteiger partial charge in [-0.3, -0.25) is 25.0 Å². The number of carbonyl (C=O) groups excluding carboxylic acids is 2. The van der Waals surface area contributed by atoms with E-state index in [-0.39, 0.29) is 24.2 Å². The van der Waals surface area contributed by atoms with E-state index in [0.717, 1.165) is 35.2 Å². The zero-order chi connectivity index (χ0) is 22.7. The highest BCUT2D eigenvalue weighted by Crippen LogP contribution is 2.49. The lowest BCUT2D eigenvalue weighted by molar-refractivity contribution is -0.119. The number of anilines is 1. The molecule has 3 aromatic rings. The first-order chi connectivity index (χ1) is 15.5. The van der Waals surface area contributed by atoms with Gasteiger partial charge < -0.3 is 5.73 Å². The van der Waals surface area contributed by atoms with E-state index < -0.39 is 0 Å². The fourth-order valence-corrected chi connectivity index (χ4v) is 3.84. The maximum absolute atomic E-state index is 13.4. The van der Waals surface area contributed by atoms with Crippen LogP contribution in [0.25, 0.3) is 11.1 Å². The highest BCUT2D eigenvalue weighted by Gasteiger charge is 2.33. The van der Waals surface area contributed by atoms with Gasteiger partial charge in [0.1, 0.15) is 0 Å². The summed E-state index contributed by atoms with van der Waals surface area (Å²) >= 11 is 0. The summed E-state index contributed by atoms with van der Waals surface area (Å²) in [6.45, 7) is -0.135. The molecule has 0 radical (unpaired) electrons. The molecule has 1 aliphatic rings. The third-order valence-corrected chi connectivity index (χ3v) is 5.52. The molecule has 32 heavy (non-hydrogen) atoms. The van der Waals surface area contributed by atoms with E-state index in [1.807, 2.05) is 24.3 Å². The van der Waals surface area contributed by atoms with Crippen LogP contribution in [0.3, 0.4) is 0 Å². The van der Waals surface area contributed by atoms with E-state index in [2.05, 4.69) is 16.5 Å². The topological polar surface area (TPSA) is 112 Å². The maximum Gasteiger partial charge on any atom is 0.252 e. The summed E-state index contributed by atoms with van der Waals surface area (Å²) in [6, 6.07) is 16.5. The van der Waals surface area contributed by atoms with E-state index in [1.54, 1.807) is 48.7 Å². The number of nitrogens with two attached hydrogens (primary N) is 1. The van der Waals surface area contributed by atoms with Crippen molar-refractivity contribution in [1.82, 2.24) is 10.4 Å². The lowest BCUT2D eigenvalue weighted by Gasteiger charge is -2.26. The molecule has 3 N–H and O–H groups in total. The molecule has 1 aromatic heterocycles. The Morgan fingerprint density at radius 1 is 1.19 bits per heavy atom. The number of amides is 1. The average Bonchev–Trinajstić information content (AvgIpc) is 3.68. The first kappa shape index (κ1) is 21.2. The molecule has 1 saturated carbocycles. The van der Waals surface area contributed by atoms with Gasteiger partial charge in [0.25, 0.3) is 5.91 Å². The van der Waals surface area contributed by atoms with Crippen LogP contribution >= 0.6 is 0 Å². The van der Waals surface area contributed by atoms with Crippen LogP contribution in [0.4, 0.5) is 5.69 Å². The summed E-state index contributed by atoms with van der Waals surface area (Å²) in [5.74, 6) is -0.160. The number of ketones is 1. The van der Waals surface area contributed by atoms with Gasteiger partial charge in [-0.2, -0.15) is 5.26 Å². The molecule has 1 amide bonds. The second-order valence-electron chi connectivity index (χ2n) is 7.75. The van der Waals surface area contributed by atoms with Gasteiger partial charge in [-0.1, -0.05) is 12.1 Å². The highest BCUT2D eigenvalue weighted by molar-refractivity contribution is 6.11. The van der Waals surface area contributed by atoms with Crippen molar-refractivity contribution in [3.8, 4) is 17.2 Å². The molecule has 1 aliphatic carbocycles. The smallest absolute Gasteiger partial charge is 0.252 e. The van der Waals surface area contributed by atoms with Gasteiger partial charge in [-0.05, 0) is 66.3 Å². The lowest BCUT2D eigenvalue weighted by atomic mass is 9.87.